The van der Waals surface area contributed by atoms with Gasteiger partial charge in [0.2, 0.25) is 5.69 Å². The summed E-state index contributed by atoms with van der Waals surface area (Å²) in [6, 6.07) is 31.5. The van der Waals surface area contributed by atoms with Gasteiger partial charge in [-0.1, -0.05) is 78.9 Å². The van der Waals surface area contributed by atoms with E-state index in [4.69, 9.17) is 4.11 Å². The Bertz CT molecular complexity index is 1800. The smallest absolute Gasteiger partial charge is 0.201 e. The predicted octanol–water partition coefficient (Wildman–Crippen LogP) is 7.45. The molecule has 1 nitrogen and oxygen atoms in total. The second kappa shape index (κ2) is 7.52. The summed E-state index contributed by atoms with van der Waals surface area (Å²) >= 11 is 0. The fourth-order valence-corrected chi connectivity index (χ4v) is 5.86. The molecule has 0 fully saturated rings. The molecule has 0 atom stereocenters. The van der Waals surface area contributed by atoms with Gasteiger partial charge < -0.3 is 0 Å². The lowest BCUT2D eigenvalue weighted by Crippen LogP contribution is -2.31. The Morgan fingerprint density at radius 2 is 1.20 bits per heavy atom. The first-order chi connectivity index (χ1) is 19.1. The summed E-state index contributed by atoms with van der Waals surface area (Å²) in [5, 5.41) is 0. The molecular weight excluding hydrogens is 422 g/mol. The molecule has 0 unspecified atom stereocenters. The Morgan fingerprint density at radius 3 is 1.83 bits per heavy atom. The van der Waals surface area contributed by atoms with E-state index in [9.17, 15) is 2.74 Å². The fourth-order valence-electron chi connectivity index (χ4n) is 5.86. The minimum Gasteiger partial charge on any atom is -0.201 e. The van der Waals surface area contributed by atoms with Crippen LogP contribution in [0.2, 0.25) is 0 Å². The van der Waals surface area contributed by atoms with Crippen LogP contribution in [0.4, 0.5) is 0 Å². The summed E-state index contributed by atoms with van der Waals surface area (Å²) in [7, 11) is 1.88. The monoisotopic (exact) mass is 455 g/mol. The van der Waals surface area contributed by atoms with E-state index in [1.807, 2.05) is 103 Å². The summed E-state index contributed by atoms with van der Waals surface area (Å²) in [5.41, 5.74) is 9.45. The van der Waals surface area contributed by atoms with Gasteiger partial charge in [-0.05, 0) is 76.0 Å². The van der Waals surface area contributed by atoms with Gasteiger partial charge in [-0.2, -0.15) is 0 Å². The standard InChI is InChI=1S/C34H28N/c1-21-10-4-5-11-24(21)32-19-30(22(2)20-35(32)3)23-16-17-29-31(18-23)34-27-14-8-6-12-25(27)33(29)26-13-7-9-15-28(26)34/h4-20,33-34H,1-3H3/q+1/i2D3,33D,34D. The first-order valence-electron chi connectivity index (χ1n) is 14.5. The van der Waals surface area contributed by atoms with Crippen molar-refractivity contribution in [2.45, 2.75) is 25.6 Å². The van der Waals surface area contributed by atoms with Gasteiger partial charge in [-0.3, -0.25) is 0 Å². The average Bonchev–Trinajstić information content (AvgIpc) is 2.95. The van der Waals surface area contributed by atoms with Crippen LogP contribution in [-0.4, -0.2) is 0 Å². The molecule has 0 saturated heterocycles. The lowest BCUT2D eigenvalue weighted by atomic mass is 9.61. The maximum absolute atomic E-state index is 10.0. The van der Waals surface area contributed by atoms with Crippen molar-refractivity contribution in [3.05, 3.63) is 148 Å². The Hall–Kier alpha value is -3.97. The number of aryl methyl sites for hydroxylation is 3. The Labute approximate surface area is 214 Å². The summed E-state index contributed by atoms with van der Waals surface area (Å²) in [6.45, 7) is -0.282. The number of benzene rings is 4. The number of aromatic nitrogens is 1. The third-order valence-corrected chi connectivity index (χ3v) is 7.50. The molecular formula is C34H28N+. The van der Waals surface area contributed by atoms with Crippen molar-refractivity contribution in [1.82, 2.24) is 0 Å². The van der Waals surface area contributed by atoms with Gasteiger partial charge in [-0.15, -0.1) is 0 Å². The van der Waals surface area contributed by atoms with Crippen LogP contribution in [-0.2, 0) is 7.05 Å². The maximum atomic E-state index is 10.0. The molecule has 1 aromatic heterocycles. The number of hydrogen-bond acceptors (Lipinski definition) is 0. The van der Waals surface area contributed by atoms with Crippen molar-refractivity contribution in [2.75, 3.05) is 0 Å². The van der Waals surface area contributed by atoms with Crippen LogP contribution in [0.1, 0.15) is 63.1 Å². The lowest BCUT2D eigenvalue weighted by molar-refractivity contribution is -0.660. The molecule has 1 heteroatoms. The van der Waals surface area contributed by atoms with Crippen molar-refractivity contribution in [1.29, 1.82) is 0 Å². The first kappa shape index (κ1) is 15.8. The van der Waals surface area contributed by atoms with Gasteiger partial charge in [-0.25, -0.2) is 4.57 Å². The minimum absolute atomic E-state index is 0.258. The number of rotatable bonds is 2. The highest BCUT2D eigenvalue weighted by molar-refractivity contribution is 5.76. The predicted molar refractivity (Wildman–Crippen MR) is 143 cm³/mol. The third kappa shape index (κ3) is 2.91. The zero-order valence-corrected chi connectivity index (χ0v) is 19.8. The molecule has 35 heavy (non-hydrogen) atoms. The van der Waals surface area contributed by atoms with E-state index in [1.54, 1.807) is 6.20 Å². The van der Waals surface area contributed by atoms with Gasteiger partial charge in [0.1, 0.15) is 7.05 Å². The summed E-state index contributed by atoms with van der Waals surface area (Å²) in [5.74, 6) is -2.36. The largest absolute Gasteiger partial charge is 0.213 e. The minimum atomic E-state index is -2.33. The molecule has 2 bridgehead atoms. The molecule has 3 aliphatic rings. The normalized spacial score (nSPS) is 23.7. The number of nitrogens with zero attached hydrogens (tertiary/aromatic N) is 1. The van der Waals surface area contributed by atoms with Crippen molar-refractivity contribution >= 4 is 0 Å². The molecule has 3 aliphatic carbocycles. The summed E-state index contributed by atoms with van der Waals surface area (Å²) in [4.78, 5) is 0. The number of pyridine rings is 1. The van der Waals surface area contributed by atoms with Crippen LogP contribution in [0.25, 0.3) is 22.4 Å². The molecule has 4 aromatic carbocycles. The van der Waals surface area contributed by atoms with E-state index in [2.05, 4.69) is 13.0 Å². The van der Waals surface area contributed by atoms with Crippen LogP contribution in [0.5, 0.6) is 0 Å². The molecule has 0 amide bonds. The molecule has 8 rings (SSSR count). The Kier molecular flexibility index (Phi) is 3.40. The fraction of sp³-hybridized carbons (Fsp3) is 0.147. The molecule has 0 saturated carbocycles. The molecule has 0 spiro atoms. The van der Waals surface area contributed by atoms with E-state index in [0.29, 0.717) is 5.56 Å². The van der Waals surface area contributed by atoms with Crippen LogP contribution >= 0.6 is 0 Å². The Balaban J connectivity index is 1.52. The second-order valence-electron chi connectivity index (χ2n) is 9.51. The highest BCUT2D eigenvalue weighted by atomic mass is 14.9. The van der Waals surface area contributed by atoms with Crippen molar-refractivity contribution in [3.8, 4) is 22.4 Å². The highest BCUT2D eigenvalue weighted by Gasteiger charge is 2.41. The molecule has 0 N–H and O–H groups in total. The molecule has 0 radical (unpaired) electrons. The molecule has 5 aromatic rings. The van der Waals surface area contributed by atoms with Gasteiger partial charge in [0.15, 0.2) is 6.20 Å². The summed E-state index contributed by atoms with van der Waals surface area (Å²) < 4.78 is 46.9. The quantitative estimate of drug-likeness (QED) is 0.243. The second-order valence-corrected chi connectivity index (χ2v) is 9.51. The van der Waals surface area contributed by atoms with Gasteiger partial charge >= 0.3 is 0 Å². The summed E-state index contributed by atoms with van der Waals surface area (Å²) in [6.07, 6.45) is 1.71. The topological polar surface area (TPSA) is 3.88 Å². The first-order valence-corrected chi connectivity index (χ1v) is 12.0. The molecule has 168 valence electrons. The van der Waals surface area contributed by atoms with E-state index < -0.39 is 18.6 Å². The molecule has 0 aliphatic heterocycles. The van der Waals surface area contributed by atoms with Crippen LogP contribution in [0.15, 0.2) is 103 Å². The molecule has 1 heterocycles. The zero-order chi connectivity index (χ0) is 28.0. The average molecular weight is 456 g/mol. The highest BCUT2D eigenvalue weighted by Crippen LogP contribution is 2.56. The number of hydrogen-bond donors (Lipinski definition) is 0. The van der Waals surface area contributed by atoms with Crippen molar-refractivity contribution < 1.29 is 11.4 Å². The maximum Gasteiger partial charge on any atom is 0.213 e. The van der Waals surface area contributed by atoms with Crippen LogP contribution in [0.3, 0.4) is 0 Å². The lowest BCUT2D eigenvalue weighted by Gasteiger charge is -2.42. The van der Waals surface area contributed by atoms with Crippen LogP contribution in [0, 0.1) is 13.8 Å². The van der Waals surface area contributed by atoms with E-state index in [0.717, 1.165) is 55.8 Å². The van der Waals surface area contributed by atoms with E-state index in [1.165, 1.54) is 0 Å². The van der Waals surface area contributed by atoms with Crippen molar-refractivity contribution in [3.63, 3.8) is 0 Å². The SMILES string of the molecule is [2H]C([2H])([2H])c1c[n+](C)c(-c2ccccc2C)cc1-c1ccc2c(c1)C1([2H])c3ccccc3C2([2H])c2ccccc21. The Morgan fingerprint density at radius 1 is 0.629 bits per heavy atom. The zero-order valence-electron chi connectivity index (χ0n) is 24.8. The van der Waals surface area contributed by atoms with E-state index in [-0.39, 0.29) is 5.56 Å². The van der Waals surface area contributed by atoms with Gasteiger partial charge in [0.25, 0.3) is 0 Å². The van der Waals surface area contributed by atoms with E-state index >= 15 is 0 Å². The third-order valence-electron chi connectivity index (χ3n) is 7.50. The van der Waals surface area contributed by atoms with Crippen LogP contribution < -0.4 is 4.57 Å². The van der Waals surface area contributed by atoms with Gasteiger partial charge in [0.05, 0.1) is 0 Å². The van der Waals surface area contributed by atoms with Gasteiger partial charge in [0, 0.05) is 35.8 Å². The van der Waals surface area contributed by atoms with Crippen molar-refractivity contribution in [2.24, 2.45) is 7.05 Å².